The first-order valence-corrected chi connectivity index (χ1v) is 8.04. The van der Waals surface area contributed by atoms with Crippen molar-refractivity contribution in [2.45, 2.75) is 35.5 Å². The number of nitrogens with two attached hydrogens (primary N) is 1. The maximum Gasteiger partial charge on any atom is 0.453 e. The quantitative estimate of drug-likeness (QED) is 0.632. The highest BCUT2D eigenvalue weighted by Gasteiger charge is 2.39. The van der Waals surface area contributed by atoms with E-state index in [-0.39, 0.29) is 17.1 Å². The van der Waals surface area contributed by atoms with E-state index in [2.05, 4.69) is 15.5 Å². The number of nitrogen functional groups attached to an aromatic ring is 1. The van der Waals surface area contributed by atoms with Gasteiger partial charge in [-0.05, 0) is 18.4 Å². The molecule has 0 bridgehead atoms. The summed E-state index contributed by atoms with van der Waals surface area (Å²) >= 11 is 0.836. The third-order valence-corrected chi connectivity index (χ3v) is 4.62. The summed E-state index contributed by atoms with van der Waals surface area (Å²) in [5.74, 6) is 3.86. The summed E-state index contributed by atoms with van der Waals surface area (Å²) in [6.45, 7) is 0. The van der Waals surface area contributed by atoms with Gasteiger partial charge in [0.05, 0.1) is 0 Å². The van der Waals surface area contributed by atoms with E-state index in [1.165, 1.54) is 0 Å². The van der Waals surface area contributed by atoms with E-state index in [1.807, 2.05) is 0 Å². The van der Waals surface area contributed by atoms with Crippen molar-refractivity contribution in [2.75, 3.05) is 5.84 Å². The molecule has 1 amide bonds. The molecular weight excluding hydrogens is 343 g/mol. The average molecular weight is 357 g/mol. The highest BCUT2D eigenvalue weighted by atomic mass is 32.2. The van der Waals surface area contributed by atoms with Gasteiger partial charge in [-0.15, -0.1) is 10.2 Å². The zero-order chi connectivity index (χ0) is 17.3. The lowest BCUT2D eigenvalue weighted by Gasteiger charge is -2.16. The number of halogens is 3. The van der Waals surface area contributed by atoms with Gasteiger partial charge in [0, 0.05) is 6.04 Å². The molecule has 6 nitrogen and oxygen atoms in total. The minimum Gasteiger partial charge on any atom is -0.352 e. The van der Waals surface area contributed by atoms with Crippen LogP contribution >= 0.6 is 11.8 Å². The molecule has 1 fully saturated rings. The Kier molecular flexibility index (Phi) is 4.39. The van der Waals surface area contributed by atoms with E-state index in [0.29, 0.717) is 10.2 Å². The lowest BCUT2D eigenvalue weighted by Crippen LogP contribution is -2.30. The van der Waals surface area contributed by atoms with Gasteiger partial charge in [-0.2, -0.15) is 13.2 Å². The summed E-state index contributed by atoms with van der Waals surface area (Å²) < 4.78 is 38.7. The van der Waals surface area contributed by atoms with Crippen LogP contribution in [0.5, 0.6) is 0 Å². The number of rotatable bonds is 5. The van der Waals surface area contributed by atoms with Gasteiger partial charge in [-0.25, -0.2) is 4.68 Å². The molecular formula is C14H14F3N5OS. The van der Waals surface area contributed by atoms with Crippen LogP contribution in [0.15, 0.2) is 35.5 Å². The van der Waals surface area contributed by atoms with Crippen LogP contribution in [0.2, 0.25) is 0 Å². The molecule has 1 aromatic heterocycles. The van der Waals surface area contributed by atoms with Crippen LogP contribution in [0.1, 0.15) is 29.5 Å². The average Bonchev–Trinajstić information content (AvgIpc) is 3.26. The number of hydrogen-bond acceptors (Lipinski definition) is 5. The Morgan fingerprint density at radius 1 is 1.29 bits per heavy atom. The molecule has 3 rings (SSSR count). The van der Waals surface area contributed by atoms with Gasteiger partial charge in [0.1, 0.15) is 5.25 Å². The first-order chi connectivity index (χ1) is 11.4. The molecule has 3 N–H and O–H groups in total. The van der Waals surface area contributed by atoms with E-state index in [9.17, 15) is 18.0 Å². The molecule has 1 aliphatic rings. The summed E-state index contributed by atoms with van der Waals surface area (Å²) in [5, 5.41) is 8.46. The molecule has 0 unspecified atom stereocenters. The number of thioether (sulfide) groups is 1. The number of amides is 1. The molecule has 24 heavy (non-hydrogen) atoms. The Hall–Kier alpha value is -2.23. The van der Waals surface area contributed by atoms with Crippen LogP contribution in [0, 0.1) is 0 Å². The van der Waals surface area contributed by atoms with E-state index in [1.54, 1.807) is 30.3 Å². The molecule has 2 aromatic rings. The van der Waals surface area contributed by atoms with Crippen molar-refractivity contribution < 1.29 is 18.0 Å². The molecule has 0 aliphatic heterocycles. The number of nitrogens with one attached hydrogen (secondary N) is 1. The zero-order valence-electron chi connectivity index (χ0n) is 12.3. The van der Waals surface area contributed by atoms with Crippen LogP contribution in [-0.4, -0.2) is 26.8 Å². The second kappa shape index (κ2) is 6.34. The third-order valence-electron chi connectivity index (χ3n) is 3.41. The van der Waals surface area contributed by atoms with Crippen molar-refractivity contribution in [3.8, 4) is 0 Å². The first kappa shape index (κ1) is 16.6. The van der Waals surface area contributed by atoms with Gasteiger partial charge in [0.2, 0.25) is 11.1 Å². The summed E-state index contributed by atoms with van der Waals surface area (Å²) in [6, 6.07) is 8.88. The molecule has 1 atom stereocenters. The minimum absolute atomic E-state index is 0.130. The molecule has 0 spiro atoms. The number of nitrogens with zero attached hydrogens (tertiary/aromatic N) is 3. The smallest absolute Gasteiger partial charge is 0.352 e. The summed E-state index contributed by atoms with van der Waals surface area (Å²) in [4.78, 5) is 12.5. The second-order valence-corrected chi connectivity index (χ2v) is 6.44. The van der Waals surface area contributed by atoms with Gasteiger partial charge >= 0.3 is 6.18 Å². The Bertz CT molecular complexity index is 730. The number of alkyl halides is 3. The molecule has 1 saturated carbocycles. The van der Waals surface area contributed by atoms with Crippen LogP contribution in [-0.2, 0) is 11.0 Å². The lowest BCUT2D eigenvalue weighted by atomic mass is 10.1. The van der Waals surface area contributed by atoms with Crippen molar-refractivity contribution in [2.24, 2.45) is 0 Å². The second-order valence-electron chi connectivity index (χ2n) is 5.37. The fourth-order valence-corrected chi connectivity index (χ4v) is 3.03. The summed E-state index contributed by atoms with van der Waals surface area (Å²) in [7, 11) is 0. The largest absolute Gasteiger partial charge is 0.453 e. The SMILES string of the molecule is Nn1c(S[C@@H](C(=O)NC2CC2)c2ccccc2)nnc1C(F)(F)F. The summed E-state index contributed by atoms with van der Waals surface area (Å²) in [6.07, 6.45) is -2.90. The van der Waals surface area contributed by atoms with Gasteiger partial charge in [0.25, 0.3) is 5.82 Å². The Balaban J connectivity index is 1.86. The summed E-state index contributed by atoms with van der Waals surface area (Å²) in [5.41, 5.74) is 0.650. The fourth-order valence-electron chi connectivity index (χ4n) is 2.06. The van der Waals surface area contributed by atoms with Crippen LogP contribution < -0.4 is 11.2 Å². The van der Waals surface area contributed by atoms with E-state index >= 15 is 0 Å². The van der Waals surface area contributed by atoms with Crippen LogP contribution in [0.3, 0.4) is 0 Å². The molecule has 128 valence electrons. The van der Waals surface area contributed by atoms with Gasteiger partial charge in [-0.3, -0.25) is 4.79 Å². The van der Waals surface area contributed by atoms with Crippen molar-refractivity contribution in [1.82, 2.24) is 20.2 Å². The number of hydrogen-bond donors (Lipinski definition) is 2. The Labute approximate surface area is 139 Å². The molecule has 0 saturated heterocycles. The van der Waals surface area contributed by atoms with E-state index in [4.69, 9.17) is 5.84 Å². The van der Waals surface area contributed by atoms with E-state index < -0.39 is 17.3 Å². The van der Waals surface area contributed by atoms with Gasteiger partial charge < -0.3 is 11.2 Å². The monoisotopic (exact) mass is 357 g/mol. The van der Waals surface area contributed by atoms with Gasteiger partial charge in [-0.1, -0.05) is 42.1 Å². The van der Waals surface area contributed by atoms with Crippen molar-refractivity contribution in [3.63, 3.8) is 0 Å². The maximum atomic E-state index is 12.8. The molecule has 0 radical (unpaired) electrons. The first-order valence-electron chi connectivity index (χ1n) is 7.16. The number of carbonyl (C=O) groups excluding carboxylic acids is 1. The number of benzene rings is 1. The third kappa shape index (κ3) is 3.64. The predicted molar refractivity (Wildman–Crippen MR) is 81.4 cm³/mol. The highest BCUT2D eigenvalue weighted by molar-refractivity contribution is 8.00. The van der Waals surface area contributed by atoms with Crippen molar-refractivity contribution in [3.05, 3.63) is 41.7 Å². The maximum absolute atomic E-state index is 12.8. The molecule has 1 heterocycles. The van der Waals surface area contributed by atoms with Gasteiger partial charge in [0.15, 0.2) is 0 Å². The molecule has 1 aliphatic carbocycles. The predicted octanol–water partition coefficient (Wildman–Crippen LogP) is 2.12. The number of carbonyl (C=O) groups is 1. The number of aromatic nitrogens is 3. The standard InChI is InChI=1S/C14H14F3N5OS/c15-14(16,17)12-20-21-13(22(12)18)24-10(8-4-2-1-3-5-8)11(23)19-9-6-7-9/h1-5,9-10H,6-7,18H2,(H,19,23)/t10-/m1/s1. The topological polar surface area (TPSA) is 85.8 Å². The van der Waals surface area contributed by atoms with Crippen LogP contribution in [0.25, 0.3) is 0 Å². The highest BCUT2D eigenvalue weighted by Crippen LogP contribution is 2.37. The Morgan fingerprint density at radius 2 is 1.96 bits per heavy atom. The van der Waals surface area contributed by atoms with E-state index in [0.717, 1.165) is 24.6 Å². The van der Waals surface area contributed by atoms with Crippen molar-refractivity contribution in [1.29, 1.82) is 0 Å². The normalized spacial score (nSPS) is 16.0. The minimum atomic E-state index is -4.71. The van der Waals surface area contributed by atoms with Crippen LogP contribution in [0.4, 0.5) is 13.2 Å². The zero-order valence-corrected chi connectivity index (χ0v) is 13.1. The lowest BCUT2D eigenvalue weighted by molar-refractivity contribution is -0.146. The fraction of sp³-hybridized carbons (Fsp3) is 0.357. The molecule has 10 heteroatoms. The van der Waals surface area contributed by atoms with Crippen molar-refractivity contribution >= 4 is 17.7 Å². The Morgan fingerprint density at radius 3 is 2.50 bits per heavy atom. The molecule has 1 aromatic carbocycles.